The third-order valence-electron chi connectivity index (χ3n) is 3.55. The summed E-state index contributed by atoms with van der Waals surface area (Å²) < 4.78 is 0. The Bertz CT molecular complexity index is 478. The highest BCUT2D eigenvalue weighted by molar-refractivity contribution is 5.92. The minimum absolute atomic E-state index is 0.00502. The van der Waals surface area contributed by atoms with Crippen molar-refractivity contribution in [3.05, 3.63) is 24.0 Å². The van der Waals surface area contributed by atoms with Gasteiger partial charge in [-0.2, -0.15) is 0 Å². The molecule has 0 aromatic carbocycles. The summed E-state index contributed by atoms with van der Waals surface area (Å²) in [6.45, 7) is 3.62. The van der Waals surface area contributed by atoms with Crippen LogP contribution >= 0.6 is 0 Å². The number of amides is 2. The Morgan fingerprint density at radius 1 is 1.40 bits per heavy atom. The molecule has 108 valence electrons. The smallest absolute Gasteiger partial charge is 0.272 e. The molecular formula is C14H20N4O2. The van der Waals surface area contributed by atoms with E-state index in [9.17, 15) is 9.59 Å². The predicted molar refractivity (Wildman–Crippen MR) is 76.0 cm³/mol. The van der Waals surface area contributed by atoms with Crippen LogP contribution in [-0.2, 0) is 4.79 Å². The third-order valence-corrected chi connectivity index (χ3v) is 3.55. The molecule has 2 rings (SSSR count). The average Bonchev–Trinajstić information content (AvgIpc) is 2.46. The van der Waals surface area contributed by atoms with E-state index in [1.165, 1.54) is 13.1 Å². The van der Waals surface area contributed by atoms with Crippen LogP contribution in [0.3, 0.4) is 0 Å². The normalized spacial score (nSPS) is 15.9. The number of hydrogen-bond donors (Lipinski definition) is 2. The molecule has 1 aliphatic rings. The van der Waals surface area contributed by atoms with Crippen molar-refractivity contribution in [3.63, 3.8) is 0 Å². The second-order valence-electron chi connectivity index (χ2n) is 5.15. The summed E-state index contributed by atoms with van der Waals surface area (Å²) in [5, 5.41) is 2.83. The number of piperidine rings is 1. The highest BCUT2D eigenvalue weighted by Gasteiger charge is 2.24. The van der Waals surface area contributed by atoms with Gasteiger partial charge in [0.1, 0.15) is 5.69 Å². The van der Waals surface area contributed by atoms with Crippen LogP contribution in [0.5, 0.6) is 0 Å². The maximum Gasteiger partial charge on any atom is 0.272 e. The van der Waals surface area contributed by atoms with Crippen LogP contribution in [-0.4, -0.2) is 41.3 Å². The summed E-state index contributed by atoms with van der Waals surface area (Å²) in [4.78, 5) is 29.0. The molecule has 0 atom stereocenters. The molecule has 1 saturated heterocycles. The first-order valence-corrected chi connectivity index (χ1v) is 6.81. The predicted octanol–water partition coefficient (Wildman–Crippen LogP) is 0.652. The van der Waals surface area contributed by atoms with Crippen LogP contribution in [0, 0.1) is 5.92 Å². The SMILES string of the molecule is CC(=O)NCC1CCN(C(=O)c2ccc(N)cn2)CC1. The number of carbonyl (C=O) groups excluding carboxylic acids is 2. The van der Waals surface area contributed by atoms with Gasteiger partial charge in [-0.15, -0.1) is 0 Å². The van der Waals surface area contributed by atoms with E-state index < -0.39 is 0 Å². The standard InChI is InChI=1S/C14H20N4O2/c1-10(19)16-8-11-4-6-18(7-5-11)14(20)13-3-2-12(15)9-17-13/h2-3,9,11H,4-8,15H2,1H3,(H,16,19). The van der Waals surface area contributed by atoms with E-state index in [0.29, 0.717) is 36.9 Å². The highest BCUT2D eigenvalue weighted by atomic mass is 16.2. The van der Waals surface area contributed by atoms with E-state index in [2.05, 4.69) is 10.3 Å². The monoisotopic (exact) mass is 276 g/mol. The van der Waals surface area contributed by atoms with Gasteiger partial charge >= 0.3 is 0 Å². The first-order chi connectivity index (χ1) is 9.56. The lowest BCUT2D eigenvalue weighted by molar-refractivity contribution is -0.119. The number of nitrogens with zero attached hydrogens (tertiary/aromatic N) is 2. The largest absolute Gasteiger partial charge is 0.397 e. The van der Waals surface area contributed by atoms with Crippen molar-refractivity contribution >= 4 is 17.5 Å². The summed E-state index contributed by atoms with van der Waals surface area (Å²) in [5.74, 6) is 0.389. The molecule has 3 N–H and O–H groups in total. The molecule has 0 bridgehead atoms. The number of carbonyl (C=O) groups is 2. The number of nitrogens with one attached hydrogen (secondary N) is 1. The van der Waals surface area contributed by atoms with E-state index in [1.807, 2.05) is 4.90 Å². The van der Waals surface area contributed by atoms with Crippen molar-refractivity contribution in [2.45, 2.75) is 19.8 Å². The van der Waals surface area contributed by atoms with Gasteiger partial charge in [0.15, 0.2) is 0 Å². The molecular weight excluding hydrogens is 256 g/mol. The van der Waals surface area contributed by atoms with Gasteiger partial charge in [0, 0.05) is 26.6 Å². The van der Waals surface area contributed by atoms with E-state index in [4.69, 9.17) is 5.73 Å². The first-order valence-electron chi connectivity index (χ1n) is 6.81. The molecule has 6 nitrogen and oxygen atoms in total. The molecule has 1 aromatic heterocycles. The Morgan fingerprint density at radius 3 is 2.65 bits per heavy atom. The molecule has 1 aliphatic heterocycles. The molecule has 0 radical (unpaired) electrons. The lowest BCUT2D eigenvalue weighted by atomic mass is 9.96. The van der Waals surface area contributed by atoms with Crippen molar-refractivity contribution < 1.29 is 9.59 Å². The maximum absolute atomic E-state index is 12.2. The zero-order valence-corrected chi connectivity index (χ0v) is 11.6. The van der Waals surface area contributed by atoms with E-state index in [-0.39, 0.29) is 11.8 Å². The summed E-state index contributed by atoms with van der Waals surface area (Å²) in [6, 6.07) is 3.34. The van der Waals surface area contributed by atoms with Crippen molar-refractivity contribution in [2.75, 3.05) is 25.4 Å². The fraction of sp³-hybridized carbons (Fsp3) is 0.500. The van der Waals surface area contributed by atoms with Crippen LogP contribution < -0.4 is 11.1 Å². The van der Waals surface area contributed by atoms with Crippen molar-refractivity contribution in [1.82, 2.24) is 15.2 Å². The van der Waals surface area contributed by atoms with Gasteiger partial charge in [0.05, 0.1) is 11.9 Å². The number of likely N-dealkylation sites (tertiary alicyclic amines) is 1. The molecule has 0 unspecified atom stereocenters. The van der Waals surface area contributed by atoms with Gasteiger partial charge in [-0.05, 0) is 30.9 Å². The van der Waals surface area contributed by atoms with Crippen LogP contribution in [0.1, 0.15) is 30.3 Å². The summed E-state index contributed by atoms with van der Waals surface area (Å²) in [7, 11) is 0. The van der Waals surface area contributed by atoms with Gasteiger partial charge < -0.3 is 16.0 Å². The molecule has 2 amide bonds. The van der Waals surface area contributed by atoms with Crippen molar-refractivity contribution in [3.8, 4) is 0 Å². The minimum atomic E-state index is -0.0528. The Labute approximate surface area is 118 Å². The molecule has 1 aromatic rings. The van der Waals surface area contributed by atoms with E-state index in [1.54, 1.807) is 12.1 Å². The number of anilines is 1. The highest BCUT2D eigenvalue weighted by Crippen LogP contribution is 2.18. The van der Waals surface area contributed by atoms with Gasteiger partial charge in [-0.1, -0.05) is 0 Å². The number of hydrogen-bond acceptors (Lipinski definition) is 4. The van der Waals surface area contributed by atoms with Gasteiger partial charge in [0.2, 0.25) is 5.91 Å². The molecule has 0 aliphatic carbocycles. The Balaban J connectivity index is 1.85. The van der Waals surface area contributed by atoms with Gasteiger partial charge in [-0.25, -0.2) is 4.98 Å². The summed E-state index contributed by atoms with van der Waals surface area (Å²) in [5.41, 5.74) is 6.54. The maximum atomic E-state index is 12.2. The summed E-state index contributed by atoms with van der Waals surface area (Å²) >= 11 is 0. The van der Waals surface area contributed by atoms with Crippen LogP contribution in [0.4, 0.5) is 5.69 Å². The van der Waals surface area contributed by atoms with Gasteiger partial charge in [-0.3, -0.25) is 9.59 Å². The van der Waals surface area contributed by atoms with E-state index in [0.717, 1.165) is 12.8 Å². The molecule has 2 heterocycles. The molecule has 0 spiro atoms. The summed E-state index contributed by atoms with van der Waals surface area (Å²) in [6.07, 6.45) is 3.30. The number of nitrogens with two attached hydrogens (primary N) is 1. The number of rotatable bonds is 3. The molecule has 6 heteroatoms. The Kier molecular flexibility index (Phi) is 4.55. The lowest BCUT2D eigenvalue weighted by Crippen LogP contribution is -2.41. The second-order valence-corrected chi connectivity index (χ2v) is 5.15. The quantitative estimate of drug-likeness (QED) is 0.848. The van der Waals surface area contributed by atoms with Gasteiger partial charge in [0.25, 0.3) is 5.91 Å². The minimum Gasteiger partial charge on any atom is -0.397 e. The molecule has 0 saturated carbocycles. The van der Waals surface area contributed by atoms with Crippen molar-refractivity contribution in [1.29, 1.82) is 0 Å². The van der Waals surface area contributed by atoms with Crippen LogP contribution in [0.2, 0.25) is 0 Å². The Hall–Kier alpha value is -2.11. The fourth-order valence-electron chi connectivity index (χ4n) is 2.32. The molecule has 1 fully saturated rings. The zero-order valence-electron chi connectivity index (χ0n) is 11.6. The molecule has 20 heavy (non-hydrogen) atoms. The first kappa shape index (κ1) is 14.3. The fourth-order valence-corrected chi connectivity index (χ4v) is 2.32. The third kappa shape index (κ3) is 3.69. The van der Waals surface area contributed by atoms with Crippen molar-refractivity contribution in [2.24, 2.45) is 5.92 Å². The number of nitrogen functional groups attached to an aromatic ring is 1. The number of pyridine rings is 1. The average molecular weight is 276 g/mol. The number of aromatic nitrogens is 1. The topological polar surface area (TPSA) is 88.3 Å². The van der Waals surface area contributed by atoms with E-state index >= 15 is 0 Å². The van der Waals surface area contributed by atoms with Crippen LogP contribution in [0.25, 0.3) is 0 Å². The zero-order chi connectivity index (χ0) is 14.5. The van der Waals surface area contributed by atoms with Crippen LogP contribution in [0.15, 0.2) is 18.3 Å². The lowest BCUT2D eigenvalue weighted by Gasteiger charge is -2.31. The Morgan fingerprint density at radius 2 is 2.10 bits per heavy atom. The second kappa shape index (κ2) is 6.36.